The number of rotatable bonds is 11. The van der Waals surface area contributed by atoms with E-state index in [-0.39, 0.29) is 18.2 Å². The van der Waals surface area contributed by atoms with Crippen LogP contribution in [0.5, 0.6) is 0 Å². The molecule has 1 aliphatic heterocycles. The second-order valence-corrected chi connectivity index (χ2v) is 14.5. The number of halogens is 3. The maximum absolute atomic E-state index is 15.2. The molecule has 1 N–H and O–H groups in total. The molecule has 2 fully saturated rings. The third-order valence-corrected chi connectivity index (χ3v) is 10.8. The molecule has 1 amide bonds. The molecule has 3 aromatic rings. The van der Waals surface area contributed by atoms with Gasteiger partial charge in [0.2, 0.25) is 10.0 Å². The highest BCUT2D eigenvalue weighted by Gasteiger charge is 2.50. The minimum Gasteiger partial charge on any atom is -0.481 e. The Hall–Kier alpha value is -3.18. The molecule has 2 aliphatic rings. The molecule has 234 valence electrons. The lowest BCUT2D eigenvalue weighted by Gasteiger charge is -2.50. The number of nitrogens with zero attached hydrogens (tertiary/aromatic N) is 2. The van der Waals surface area contributed by atoms with E-state index in [0.29, 0.717) is 34.0 Å². The second-order valence-electron chi connectivity index (χ2n) is 11.5. The van der Waals surface area contributed by atoms with Crippen molar-refractivity contribution in [1.82, 2.24) is 4.90 Å². The third kappa shape index (κ3) is 6.73. The Morgan fingerprint density at radius 2 is 1.70 bits per heavy atom. The summed E-state index contributed by atoms with van der Waals surface area (Å²) >= 11 is 12.6. The maximum atomic E-state index is 15.2. The molecule has 1 unspecified atom stereocenters. The lowest BCUT2D eigenvalue weighted by Crippen LogP contribution is -2.59. The van der Waals surface area contributed by atoms with Crippen LogP contribution in [0.25, 0.3) is 0 Å². The Balaban J connectivity index is 1.69. The number of hydrogen-bond donors (Lipinski definition) is 1. The van der Waals surface area contributed by atoms with Gasteiger partial charge in [-0.3, -0.25) is 13.9 Å². The number of para-hydroxylation sites is 1. The number of carbonyl (C=O) groups excluding carboxylic acids is 1. The van der Waals surface area contributed by atoms with E-state index >= 15 is 4.39 Å². The van der Waals surface area contributed by atoms with Gasteiger partial charge in [-0.05, 0) is 66.3 Å². The highest BCUT2D eigenvalue weighted by atomic mass is 35.5. The number of amides is 1. The van der Waals surface area contributed by atoms with E-state index in [2.05, 4.69) is 0 Å². The number of aliphatic carboxylic acids is 1. The van der Waals surface area contributed by atoms with Crippen molar-refractivity contribution < 1.29 is 32.2 Å². The summed E-state index contributed by atoms with van der Waals surface area (Å²) in [6.07, 6.45) is -1.94. The van der Waals surface area contributed by atoms with Crippen molar-refractivity contribution in [3.8, 4) is 0 Å². The van der Waals surface area contributed by atoms with E-state index in [0.717, 1.165) is 4.31 Å². The Morgan fingerprint density at radius 3 is 2.30 bits per heavy atom. The average Bonchev–Trinajstić information content (AvgIpc) is 3.82. The van der Waals surface area contributed by atoms with E-state index in [4.69, 9.17) is 27.9 Å². The number of carbonyl (C=O) groups is 2. The molecule has 1 heterocycles. The van der Waals surface area contributed by atoms with E-state index in [1.165, 1.54) is 23.1 Å². The maximum Gasteiger partial charge on any atom is 0.306 e. The van der Waals surface area contributed by atoms with E-state index in [9.17, 15) is 23.1 Å². The van der Waals surface area contributed by atoms with Gasteiger partial charge in [-0.1, -0.05) is 73.4 Å². The Kier molecular flexibility index (Phi) is 9.55. The number of carboxylic acids is 1. The van der Waals surface area contributed by atoms with Crippen LogP contribution < -0.4 is 4.31 Å². The smallest absolute Gasteiger partial charge is 0.306 e. The predicted molar refractivity (Wildman–Crippen MR) is 167 cm³/mol. The summed E-state index contributed by atoms with van der Waals surface area (Å²) in [5, 5.41) is 9.95. The normalized spacial score (nSPS) is 21.4. The summed E-state index contributed by atoms with van der Waals surface area (Å²) in [6, 6.07) is 17.7. The van der Waals surface area contributed by atoms with E-state index < -0.39 is 63.7 Å². The van der Waals surface area contributed by atoms with Gasteiger partial charge < -0.3 is 14.7 Å². The van der Waals surface area contributed by atoms with Crippen molar-refractivity contribution in [2.45, 2.75) is 62.7 Å². The molecular weight excluding hydrogens is 630 g/mol. The van der Waals surface area contributed by atoms with Crippen molar-refractivity contribution in [1.29, 1.82) is 0 Å². The van der Waals surface area contributed by atoms with Gasteiger partial charge in [0.25, 0.3) is 5.91 Å². The molecule has 0 aromatic heterocycles. The molecule has 0 bridgehead atoms. The van der Waals surface area contributed by atoms with Gasteiger partial charge in [0.15, 0.2) is 0 Å². The van der Waals surface area contributed by atoms with Crippen molar-refractivity contribution in [3.05, 3.63) is 99.8 Å². The summed E-state index contributed by atoms with van der Waals surface area (Å²) in [5.74, 6) is -2.89. The monoisotopic (exact) mass is 662 g/mol. The van der Waals surface area contributed by atoms with Crippen LogP contribution in [0.15, 0.2) is 72.8 Å². The number of benzene rings is 3. The van der Waals surface area contributed by atoms with Gasteiger partial charge in [0.1, 0.15) is 18.0 Å². The standard InChI is InChI=1S/C32H33Cl2FN2O6S/c1-19(2)27(18-36(44(41,42)24-14-15-24)26-9-4-3-8-25(26)35)37-30(20-10-12-22(33)13-11-20)31(21-6-5-7-23(34)16-21)43-28(32(37)40)17-29(38)39/h3-13,16,19,24,27-28,30-31H,14-15,17-18H2,1-2H3,(H,38,39)/t27-,28-,30?,31-/m1/s1. The van der Waals surface area contributed by atoms with Crippen LogP contribution in [-0.2, 0) is 24.3 Å². The second kappa shape index (κ2) is 13.0. The van der Waals surface area contributed by atoms with Gasteiger partial charge in [-0.15, -0.1) is 0 Å². The predicted octanol–water partition coefficient (Wildman–Crippen LogP) is 6.64. The number of carboxylic acid groups (broad SMARTS) is 1. The van der Waals surface area contributed by atoms with Gasteiger partial charge in [0, 0.05) is 10.0 Å². The van der Waals surface area contributed by atoms with Crippen molar-refractivity contribution in [2.24, 2.45) is 5.92 Å². The molecule has 12 heteroatoms. The van der Waals surface area contributed by atoms with E-state index in [1.54, 1.807) is 54.6 Å². The number of hydrogen-bond acceptors (Lipinski definition) is 5. The highest BCUT2D eigenvalue weighted by Crippen LogP contribution is 2.46. The SMILES string of the molecule is CC(C)[C@@H](CN(c1ccccc1F)S(=O)(=O)C1CC1)N1C(=O)[C@@H](CC(=O)O)O[C@H](c2cccc(Cl)c2)C1c1ccc(Cl)cc1. The highest BCUT2D eigenvalue weighted by molar-refractivity contribution is 7.93. The number of anilines is 1. The first-order valence-corrected chi connectivity index (χ1v) is 16.6. The van der Waals surface area contributed by atoms with Crippen LogP contribution >= 0.6 is 23.2 Å². The fourth-order valence-corrected chi connectivity index (χ4v) is 7.89. The molecule has 1 saturated carbocycles. The molecule has 44 heavy (non-hydrogen) atoms. The van der Waals surface area contributed by atoms with E-state index in [1.807, 2.05) is 13.8 Å². The first-order chi connectivity index (χ1) is 20.9. The Morgan fingerprint density at radius 1 is 1.02 bits per heavy atom. The average molecular weight is 664 g/mol. The van der Waals surface area contributed by atoms with Gasteiger partial charge >= 0.3 is 5.97 Å². The molecule has 0 radical (unpaired) electrons. The minimum atomic E-state index is -3.98. The molecule has 1 saturated heterocycles. The summed E-state index contributed by atoms with van der Waals surface area (Å²) in [5.41, 5.74) is 1.13. The van der Waals surface area contributed by atoms with Gasteiger partial charge in [0.05, 0.1) is 36.0 Å². The fourth-order valence-electron chi connectivity index (χ4n) is 5.69. The van der Waals surface area contributed by atoms with Crippen molar-refractivity contribution in [2.75, 3.05) is 10.8 Å². The molecule has 4 atom stereocenters. The zero-order valence-corrected chi connectivity index (χ0v) is 26.5. The molecule has 5 rings (SSSR count). The van der Waals surface area contributed by atoms with Crippen LogP contribution in [0.3, 0.4) is 0 Å². The summed E-state index contributed by atoms with van der Waals surface area (Å²) in [4.78, 5) is 27.8. The number of morpholine rings is 1. The summed E-state index contributed by atoms with van der Waals surface area (Å²) in [7, 11) is -3.98. The van der Waals surface area contributed by atoms with Crippen molar-refractivity contribution >= 4 is 50.8 Å². The topological polar surface area (TPSA) is 104 Å². The zero-order chi connectivity index (χ0) is 31.8. The largest absolute Gasteiger partial charge is 0.481 e. The molecule has 8 nitrogen and oxygen atoms in total. The van der Waals surface area contributed by atoms with Crippen LogP contribution in [0.2, 0.25) is 10.0 Å². The zero-order valence-electron chi connectivity index (χ0n) is 24.1. The first kappa shape index (κ1) is 32.2. The van der Waals surface area contributed by atoms with Crippen molar-refractivity contribution in [3.63, 3.8) is 0 Å². The van der Waals surface area contributed by atoms with Crippen LogP contribution in [0, 0.1) is 11.7 Å². The van der Waals surface area contributed by atoms with Crippen LogP contribution in [-0.4, -0.2) is 54.2 Å². The Labute approximate surface area is 266 Å². The van der Waals surface area contributed by atoms with Crippen LogP contribution in [0.1, 0.15) is 56.4 Å². The molecule has 3 aromatic carbocycles. The third-order valence-electron chi connectivity index (χ3n) is 8.03. The van der Waals surface area contributed by atoms with Gasteiger partial charge in [-0.2, -0.15) is 0 Å². The Bertz CT molecular complexity index is 1630. The number of ether oxygens (including phenoxy) is 1. The fraction of sp³-hybridized carbons (Fsp3) is 0.375. The molecular formula is C32H33Cl2FN2O6S. The van der Waals surface area contributed by atoms with Gasteiger partial charge in [-0.25, -0.2) is 12.8 Å². The first-order valence-electron chi connectivity index (χ1n) is 14.3. The van der Waals surface area contributed by atoms with Crippen LogP contribution in [0.4, 0.5) is 10.1 Å². The number of sulfonamides is 1. The molecule has 1 aliphatic carbocycles. The molecule has 0 spiro atoms. The minimum absolute atomic E-state index is 0.109. The quantitative estimate of drug-likeness (QED) is 0.247. The summed E-state index contributed by atoms with van der Waals surface area (Å²) in [6.45, 7) is 3.43. The lowest BCUT2D eigenvalue weighted by atomic mass is 9.88. The lowest BCUT2D eigenvalue weighted by molar-refractivity contribution is -0.184. The summed E-state index contributed by atoms with van der Waals surface area (Å²) < 4.78 is 50.2.